The maximum Gasteiger partial charge on any atom is 0.323 e. The van der Waals surface area contributed by atoms with Crippen LogP contribution in [0.4, 0.5) is 5.69 Å². The number of nitrogens with one attached hydrogen (secondary N) is 2. The van der Waals surface area contributed by atoms with Crippen molar-refractivity contribution in [3.63, 3.8) is 0 Å². The van der Waals surface area contributed by atoms with E-state index >= 15 is 0 Å². The number of hydrogen-bond acceptors (Lipinski definition) is 4. The van der Waals surface area contributed by atoms with Crippen molar-refractivity contribution < 1.29 is 14.3 Å². The van der Waals surface area contributed by atoms with Gasteiger partial charge in [0.25, 0.3) is 0 Å². The highest BCUT2D eigenvalue weighted by Crippen LogP contribution is 2.20. The zero-order valence-electron chi connectivity index (χ0n) is 12.5. The third-order valence-corrected chi connectivity index (χ3v) is 3.32. The molecule has 21 heavy (non-hydrogen) atoms. The number of methoxy groups -OCH3 is 1. The molecule has 0 bridgehead atoms. The van der Waals surface area contributed by atoms with Gasteiger partial charge in [-0.25, -0.2) is 0 Å². The summed E-state index contributed by atoms with van der Waals surface area (Å²) in [6.45, 7) is 4.21. The molecule has 0 fully saturated rings. The van der Waals surface area contributed by atoms with Gasteiger partial charge in [0.1, 0.15) is 6.04 Å². The molecule has 1 atom stereocenters. The molecule has 0 aliphatic heterocycles. The monoisotopic (exact) mass is 312 g/mol. The van der Waals surface area contributed by atoms with Crippen LogP contribution in [0.2, 0.25) is 5.02 Å². The summed E-state index contributed by atoms with van der Waals surface area (Å²) in [6.07, 6.45) is 0.242. The number of rotatable bonds is 7. The summed E-state index contributed by atoms with van der Waals surface area (Å²) >= 11 is 5.96. The third-order valence-electron chi connectivity index (χ3n) is 2.99. The molecule has 0 heterocycles. The Morgan fingerprint density at radius 3 is 2.52 bits per heavy atom. The minimum absolute atomic E-state index is 0.0871. The van der Waals surface area contributed by atoms with Gasteiger partial charge in [0.2, 0.25) is 5.91 Å². The molecule has 1 unspecified atom stereocenters. The fourth-order valence-electron chi connectivity index (χ4n) is 1.83. The van der Waals surface area contributed by atoms with Gasteiger partial charge in [-0.05, 0) is 18.1 Å². The highest BCUT2D eigenvalue weighted by molar-refractivity contribution is 6.33. The Kier molecular flexibility index (Phi) is 7.19. The van der Waals surface area contributed by atoms with E-state index in [1.807, 2.05) is 13.8 Å². The standard InChI is InChI=1S/C15H21ClN2O3/c1-10(2)14(15(20)21-3)17-9-8-13(19)18-12-7-5-4-6-11(12)16/h4-7,10,14,17H,8-9H2,1-3H3,(H,18,19). The van der Waals surface area contributed by atoms with Crippen molar-refractivity contribution in [3.05, 3.63) is 29.3 Å². The van der Waals surface area contributed by atoms with Crippen LogP contribution in [0.3, 0.4) is 0 Å². The van der Waals surface area contributed by atoms with Gasteiger partial charge in [-0.15, -0.1) is 0 Å². The number of esters is 1. The summed E-state index contributed by atoms with van der Waals surface area (Å²) < 4.78 is 4.72. The van der Waals surface area contributed by atoms with Gasteiger partial charge in [-0.2, -0.15) is 0 Å². The minimum Gasteiger partial charge on any atom is -0.468 e. The number of hydrogen-bond donors (Lipinski definition) is 2. The molecule has 0 saturated carbocycles. The number of ether oxygens (including phenoxy) is 1. The molecule has 1 amide bonds. The maximum atomic E-state index is 11.8. The molecule has 0 radical (unpaired) electrons. The SMILES string of the molecule is COC(=O)C(NCCC(=O)Nc1ccccc1Cl)C(C)C. The normalized spacial score (nSPS) is 12.0. The number of benzene rings is 1. The van der Waals surface area contributed by atoms with Crippen LogP contribution in [0.5, 0.6) is 0 Å². The fraction of sp³-hybridized carbons (Fsp3) is 0.467. The van der Waals surface area contributed by atoms with Crippen molar-refractivity contribution in [3.8, 4) is 0 Å². The second-order valence-corrected chi connectivity index (χ2v) is 5.38. The van der Waals surface area contributed by atoms with Crippen molar-refractivity contribution in [2.75, 3.05) is 19.0 Å². The van der Waals surface area contributed by atoms with E-state index in [0.29, 0.717) is 17.3 Å². The van der Waals surface area contributed by atoms with Gasteiger partial charge >= 0.3 is 5.97 Å². The molecular formula is C15H21ClN2O3. The lowest BCUT2D eigenvalue weighted by Crippen LogP contribution is -2.42. The van der Waals surface area contributed by atoms with Crippen molar-refractivity contribution in [2.24, 2.45) is 5.92 Å². The van der Waals surface area contributed by atoms with Crippen molar-refractivity contribution in [1.82, 2.24) is 5.32 Å². The Bertz CT molecular complexity index is 492. The first-order valence-corrected chi connectivity index (χ1v) is 7.19. The lowest BCUT2D eigenvalue weighted by molar-refractivity contribution is -0.144. The van der Waals surface area contributed by atoms with Gasteiger partial charge < -0.3 is 15.4 Å². The minimum atomic E-state index is -0.414. The molecular weight excluding hydrogens is 292 g/mol. The molecule has 6 heteroatoms. The molecule has 2 N–H and O–H groups in total. The van der Waals surface area contributed by atoms with Crippen LogP contribution in [0, 0.1) is 5.92 Å². The first-order valence-electron chi connectivity index (χ1n) is 6.81. The van der Waals surface area contributed by atoms with Crippen molar-refractivity contribution in [1.29, 1.82) is 0 Å². The van der Waals surface area contributed by atoms with Crippen LogP contribution < -0.4 is 10.6 Å². The summed E-state index contributed by atoms with van der Waals surface area (Å²) in [5.41, 5.74) is 0.581. The van der Waals surface area contributed by atoms with E-state index in [0.717, 1.165) is 0 Å². The maximum absolute atomic E-state index is 11.8. The zero-order chi connectivity index (χ0) is 15.8. The second kappa shape index (κ2) is 8.64. The van der Waals surface area contributed by atoms with E-state index in [4.69, 9.17) is 16.3 Å². The summed E-state index contributed by atoms with van der Waals surface area (Å²) in [4.78, 5) is 23.4. The molecule has 0 aliphatic rings. The predicted molar refractivity (Wildman–Crippen MR) is 83.3 cm³/mol. The number of para-hydroxylation sites is 1. The molecule has 1 aromatic carbocycles. The highest BCUT2D eigenvalue weighted by Gasteiger charge is 2.22. The number of carbonyl (C=O) groups is 2. The largest absolute Gasteiger partial charge is 0.468 e. The molecule has 0 saturated heterocycles. The lowest BCUT2D eigenvalue weighted by atomic mass is 10.0. The van der Waals surface area contributed by atoms with E-state index in [1.165, 1.54) is 7.11 Å². The van der Waals surface area contributed by atoms with Crippen LogP contribution in [0.1, 0.15) is 20.3 Å². The highest BCUT2D eigenvalue weighted by atomic mass is 35.5. The van der Waals surface area contributed by atoms with E-state index in [1.54, 1.807) is 24.3 Å². The zero-order valence-corrected chi connectivity index (χ0v) is 13.2. The first-order chi connectivity index (χ1) is 9.95. The smallest absolute Gasteiger partial charge is 0.323 e. The van der Waals surface area contributed by atoms with Gasteiger partial charge in [0.05, 0.1) is 17.8 Å². The lowest BCUT2D eigenvalue weighted by Gasteiger charge is -2.19. The molecule has 116 valence electrons. The van der Waals surface area contributed by atoms with E-state index in [2.05, 4.69) is 10.6 Å². The molecule has 0 spiro atoms. The van der Waals surface area contributed by atoms with E-state index in [9.17, 15) is 9.59 Å². The van der Waals surface area contributed by atoms with E-state index in [-0.39, 0.29) is 24.2 Å². The molecule has 1 rings (SSSR count). The van der Waals surface area contributed by atoms with Gasteiger partial charge in [-0.1, -0.05) is 37.6 Å². The summed E-state index contributed by atoms with van der Waals surface area (Å²) in [5.74, 6) is -0.399. The summed E-state index contributed by atoms with van der Waals surface area (Å²) in [6, 6.07) is 6.62. The van der Waals surface area contributed by atoms with Gasteiger partial charge in [0.15, 0.2) is 0 Å². The molecule has 0 aliphatic carbocycles. The van der Waals surface area contributed by atoms with Crippen LogP contribution >= 0.6 is 11.6 Å². The van der Waals surface area contributed by atoms with Crippen molar-refractivity contribution >= 4 is 29.2 Å². The van der Waals surface area contributed by atoms with Crippen LogP contribution in [0.25, 0.3) is 0 Å². The number of carbonyl (C=O) groups excluding carboxylic acids is 2. The average molecular weight is 313 g/mol. The number of anilines is 1. The van der Waals surface area contributed by atoms with Gasteiger partial charge in [0, 0.05) is 13.0 Å². The first kappa shape index (κ1) is 17.5. The Morgan fingerprint density at radius 1 is 1.29 bits per heavy atom. The number of halogens is 1. The molecule has 5 nitrogen and oxygen atoms in total. The topological polar surface area (TPSA) is 67.4 Å². The Labute approximate surface area is 130 Å². The second-order valence-electron chi connectivity index (χ2n) is 4.98. The van der Waals surface area contributed by atoms with Crippen LogP contribution in [-0.2, 0) is 14.3 Å². The number of amides is 1. The van der Waals surface area contributed by atoms with Crippen LogP contribution in [0.15, 0.2) is 24.3 Å². The Balaban J connectivity index is 2.43. The predicted octanol–water partition coefficient (Wildman–Crippen LogP) is 2.46. The Morgan fingerprint density at radius 2 is 1.95 bits per heavy atom. The molecule has 0 aromatic heterocycles. The van der Waals surface area contributed by atoms with E-state index < -0.39 is 6.04 Å². The van der Waals surface area contributed by atoms with Gasteiger partial charge in [-0.3, -0.25) is 9.59 Å². The summed E-state index contributed by atoms with van der Waals surface area (Å²) in [5, 5.41) is 6.26. The van der Waals surface area contributed by atoms with Crippen molar-refractivity contribution in [2.45, 2.75) is 26.3 Å². The molecule has 1 aromatic rings. The Hall–Kier alpha value is -1.59. The fourth-order valence-corrected chi connectivity index (χ4v) is 2.02. The third kappa shape index (κ3) is 5.73. The van der Waals surface area contributed by atoms with Crippen LogP contribution in [-0.4, -0.2) is 31.6 Å². The quantitative estimate of drug-likeness (QED) is 0.759. The summed E-state index contributed by atoms with van der Waals surface area (Å²) in [7, 11) is 1.35. The average Bonchev–Trinajstić information content (AvgIpc) is 2.45.